The normalized spacial score (nSPS) is 18.9. The molecule has 96 valence electrons. The van der Waals surface area contributed by atoms with Gasteiger partial charge in [0.05, 0.1) is 6.61 Å². The predicted molar refractivity (Wildman–Crippen MR) is 69.9 cm³/mol. The van der Waals surface area contributed by atoms with Gasteiger partial charge in [0.1, 0.15) is 5.75 Å². The molecule has 1 saturated carbocycles. The van der Waals surface area contributed by atoms with E-state index in [2.05, 4.69) is 17.4 Å². The molecule has 1 aliphatic heterocycles. The van der Waals surface area contributed by atoms with Gasteiger partial charge in [-0.05, 0) is 24.5 Å². The fraction of sp³-hybridized carbons (Fsp3) is 0.533. The number of rotatable bonds is 4. The largest absolute Gasteiger partial charge is 0.493 e. The summed E-state index contributed by atoms with van der Waals surface area (Å²) in [6.07, 6.45) is 3.92. The maximum absolute atomic E-state index is 11.4. The summed E-state index contributed by atoms with van der Waals surface area (Å²) in [6, 6.07) is 6.33. The summed E-state index contributed by atoms with van der Waals surface area (Å²) in [5, 5.41) is 3.05. The Hall–Kier alpha value is -1.51. The number of benzene rings is 1. The minimum atomic E-state index is 0.144. The second kappa shape index (κ2) is 4.30. The summed E-state index contributed by atoms with van der Waals surface area (Å²) in [6.45, 7) is 3.46. The van der Waals surface area contributed by atoms with Crippen LogP contribution in [-0.2, 0) is 16.6 Å². The van der Waals surface area contributed by atoms with Crippen LogP contribution in [0, 0.1) is 0 Å². The van der Waals surface area contributed by atoms with Gasteiger partial charge >= 0.3 is 0 Å². The van der Waals surface area contributed by atoms with Gasteiger partial charge in [-0.1, -0.05) is 19.1 Å². The molecule has 0 radical (unpaired) electrons. The molecule has 1 aromatic rings. The Morgan fingerprint density at radius 3 is 3.00 bits per heavy atom. The Morgan fingerprint density at radius 2 is 2.28 bits per heavy atom. The highest BCUT2D eigenvalue weighted by Gasteiger charge is 2.46. The highest BCUT2D eigenvalue weighted by Crippen LogP contribution is 2.50. The molecule has 18 heavy (non-hydrogen) atoms. The number of carbonyl (C=O) groups is 1. The minimum Gasteiger partial charge on any atom is -0.493 e. The first-order chi connectivity index (χ1) is 8.75. The minimum absolute atomic E-state index is 0.144. The molecule has 3 rings (SSSR count). The van der Waals surface area contributed by atoms with E-state index in [-0.39, 0.29) is 11.3 Å². The van der Waals surface area contributed by atoms with Crippen LogP contribution in [0.15, 0.2) is 18.2 Å². The number of hydrogen-bond donors (Lipinski definition) is 1. The molecule has 0 unspecified atom stereocenters. The van der Waals surface area contributed by atoms with Crippen molar-refractivity contribution in [1.82, 2.24) is 5.32 Å². The monoisotopic (exact) mass is 245 g/mol. The molecule has 1 fully saturated rings. The highest BCUT2D eigenvalue weighted by atomic mass is 16.5. The fourth-order valence-electron chi connectivity index (χ4n) is 2.80. The number of nitrogens with one attached hydrogen (secondary N) is 1. The maximum atomic E-state index is 11.4. The van der Waals surface area contributed by atoms with Gasteiger partial charge in [-0.2, -0.15) is 0 Å². The zero-order valence-electron chi connectivity index (χ0n) is 10.8. The zero-order chi connectivity index (χ0) is 12.6. The van der Waals surface area contributed by atoms with Crippen molar-refractivity contribution in [3.63, 3.8) is 0 Å². The molecule has 0 bridgehead atoms. The topological polar surface area (TPSA) is 38.3 Å². The van der Waals surface area contributed by atoms with Crippen LogP contribution in [0.25, 0.3) is 0 Å². The van der Waals surface area contributed by atoms with Crippen LogP contribution >= 0.6 is 0 Å². The van der Waals surface area contributed by atoms with Crippen LogP contribution in [0.4, 0.5) is 0 Å². The molecule has 0 saturated heterocycles. The van der Waals surface area contributed by atoms with Crippen molar-refractivity contribution >= 4 is 5.91 Å². The maximum Gasteiger partial charge on any atom is 0.219 e. The van der Waals surface area contributed by atoms with Crippen LogP contribution in [-0.4, -0.2) is 19.1 Å². The number of hydrogen-bond acceptors (Lipinski definition) is 2. The molecule has 0 aromatic heterocycles. The summed E-state index contributed by atoms with van der Waals surface area (Å²) in [5.74, 6) is 1.19. The van der Waals surface area contributed by atoms with E-state index in [1.54, 1.807) is 0 Å². The van der Waals surface area contributed by atoms with E-state index in [0.717, 1.165) is 25.3 Å². The number of fused-ring (bicyclic) bond motifs is 1. The molecule has 1 amide bonds. The zero-order valence-corrected chi connectivity index (χ0v) is 10.8. The Labute approximate surface area is 108 Å². The lowest BCUT2D eigenvalue weighted by Crippen LogP contribution is -2.32. The standard InChI is InChI=1S/C15H19NO2/c1-2-14(17)16-10-15(7-8-15)12-4-3-5-13-11(12)6-9-18-13/h3-5H,2,6-10H2,1H3,(H,16,17). The molecule has 1 aromatic carbocycles. The quantitative estimate of drug-likeness (QED) is 0.883. The van der Waals surface area contributed by atoms with E-state index in [0.29, 0.717) is 6.42 Å². The summed E-state index contributed by atoms with van der Waals surface area (Å²) in [7, 11) is 0. The van der Waals surface area contributed by atoms with E-state index in [9.17, 15) is 4.79 Å². The number of amides is 1. The summed E-state index contributed by atoms with van der Waals surface area (Å²) in [5.41, 5.74) is 2.94. The van der Waals surface area contributed by atoms with Crippen molar-refractivity contribution in [2.75, 3.05) is 13.2 Å². The molecule has 2 aliphatic rings. The van der Waals surface area contributed by atoms with Gasteiger partial charge in [-0.25, -0.2) is 0 Å². The van der Waals surface area contributed by atoms with Gasteiger partial charge < -0.3 is 10.1 Å². The third-order valence-corrected chi connectivity index (χ3v) is 4.11. The van der Waals surface area contributed by atoms with Crippen LogP contribution in [0.5, 0.6) is 5.75 Å². The molecule has 3 heteroatoms. The van der Waals surface area contributed by atoms with Gasteiger partial charge in [0.25, 0.3) is 0 Å². The lowest BCUT2D eigenvalue weighted by molar-refractivity contribution is -0.120. The van der Waals surface area contributed by atoms with Crippen molar-refractivity contribution in [3.05, 3.63) is 29.3 Å². The first kappa shape index (κ1) is 11.6. The van der Waals surface area contributed by atoms with Crippen LogP contribution in [0.2, 0.25) is 0 Å². The highest BCUT2D eigenvalue weighted by molar-refractivity contribution is 5.75. The molecule has 1 heterocycles. The van der Waals surface area contributed by atoms with Crippen LogP contribution in [0.1, 0.15) is 37.3 Å². The number of carbonyl (C=O) groups excluding carboxylic acids is 1. The average Bonchev–Trinajstić information content (AvgIpc) is 3.03. The van der Waals surface area contributed by atoms with Crippen molar-refractivity contribution in [1.29, 1.82) is 0 Å². The van der Waals surface area contributed by atoms with Crippen molar-refractivity contribution in [3.8, 4) is 5.75 Å². The Morgan fingerprint density at radius 1 is 1.44 bits per heavy atom. The molecule has 3 nitrogen and oxygen atoms in total. The molecule has 0 atom stereocenters. The third-order valence-electron chi connectivity index (χ3n) is 4.11. The summed E-state index contributed by atoms with van der Waals surface area (Å²) >= 11 is 0. The Balaban J connectivity index is 1.82. The van der Waals surface area contributed by atoms with E-state index in [1.807, 2.05) is 13.0 Å². The van der Waals surface area contributed by atoms with Crippen LogP contribution < -0.4 is 10.1 Å². The van der Waals surface area contributed by atoms with Gasteiger partial charge in [0, 0.05) is 30.4 Å². The Bertz CT molecular complexity index is 477. The molecular formula is C15H19NO2. The molecule has 0 spiro atoms. The first-order valence-electron chi connectivity index (χ1n) is 6.77. The van der Waals surface area contributed by atoms with Crippen molar-refractivity contribution in [2.24, 2.45) is 0 Å². The third kappa shape index (κ3) is 1.88. The van der Waals surface area contributed by atoms with Crippen molar-refractivity contribution in [2.45, 2.75) is 38.0 Å². The second-order valence-corrected chi connectivity index (χ2v) is 5.29. The van der Waals surface area contributed by atoms with E-state index < -0.39 is 0 Å². The Kier molecular flexibility index (Phi) is 2.77. The molecule has 1 aliphatic carbocycles. The van der Waals surface area contributed by atoms with Crippen LogP contribution in [0.3, 0.4) is 0 Å². The summed E-state index contributed by atoms with van der Waals surface area (Å²) in [4.78, 5) is 11.4. The first-order valence-corrected chi connectivity index (χ1v) is 6.77. The lowest BCUT2D eigenvalue weighted by atomic mass is 9.90. The predicted octanol–water partition coefficient (Wildman–Crippen LogP) is 2.18. The SMILES string of the molecule is CCC(=O)NCC1(c2cccc3c2CCO3)CC1. The average molecular weight is 245 g/mol. The van der Waals surface area contributed by atoms with Crippen molar-refractivity contribution < 1.29 is 9.53 Å². The number of ether oxygens (including phenoxy) is 1. The van der Waals surface area contributed by atoms with E-state index in [4.69, 9.17) is 4.74 Å². The molecule has 1 N–H and O–H groups in total. The molecular weight excluding hydrogens is 226 g/mol. The van der Waals surface area contributed by atoms with Gasteiger partial charge in [-0.15, -0.1) is 0 Å². The van der Waals surface area contributed by atoms with E-state index >= 15 is 0 Å². The smallest absolute Gasteiger partial charge is 0.219 e. The van der Waals surface area contributed by atoms with Gasteiger partial charge in [0.15, 0.2) is 0 Å². The summed E-state index contributed by atoms with van der Waals surface area (Å²) < 4.78 is 5.62. The van der Waals surface area contributed by atoms with E-state index in [1.165, 1.54) is 24.0 Å². The lowest BCUT2D eigenvalue weighted by Gasteiger charge is -2.19. The second-order valence-electron chi connectivity index (χ2n) is 5.29. The fourth-order valence-corrected chi connectivity index (χ4v) is 2.80. The van der Waals surface area contributed by atoms with Gasteiger partial charge in [-0.3, -0.25) is 4.79 Å². The van der Waals surface area contributed by atoms with Gasteiger partial charge in [0.2, 0.25) is 5.91 Å².